The highest BCUT2D eigenvalue weighted by atomic mass is 16.5. The number of rotatable bonds is 5. The number of aliphatic hydroxyl groups excluding tert-OH is 1. The normalized spacial score (nSPS) is 10.8. The topological polar surface area (TPSA) is 67.5 Å². The van der Waals surface area contributed by atoms with Crippen LogP contribution in [0, 0.1) is 0 Å². The number of benzene rings is 2. The predicted molar refractivity (Wildman–Crippen MR) is 81.6 cm³/mol. The number of anilines is 1. The van der Waals surface area contributed by atoms with Gasteiger partial charge >= 0.3 is 0 Å². The molecular weight excluding hydrogens is 268 g/mol. The number of nitrogens with one attached hydrogen (secondary N) is 1. The number of fused-ring (bicyclic) bond motifs is 1. The lowest BCUT2D eigenvalue weighted by Gasteiger charge is -2.04. The first-order valence-corrected chi connectivity index (χ1v) is 6.70. The molecule has 1 aromatic heterocycles. The molecule has 0 saturated carbocycles. The number of methoxy groups -OCH3 is 1. The highest BCUT2D eigenvalue weighted by Gasteiger charge is 2.09. The minimum atomic E-state index is 0.106. The summed E-state index contributed by atoms with van der Waals surface area (Å²) < 4.78 is 10.9. The second-order valence-electron chi connectivity index (χ2n) is 4.58. The fourth-order valence-corrected chi connectivity index (χ4v) is 2.09. The molecule has 5 nitrogen and oxygen atoms in total. The van der Waals surface area contributed by atoms with E-state index >= 15 is 0 Å². The van der Waals surface area contributed by atoms with E-state index in [2.05, 4.69) is 10.3 Å². The van der Waals surface area contributed by atoms with Crippen LogP contribution in [0.5, 0.6) is 5.75 Å². The lowest BCUT2D eigenvalue weighted by Crippen LogP contribution is -2.04. The van der Waals surface area contributed by atoms with Crippen LogP contribution in [0.3, 0.4) is 0 Å². The fourth-order valence-electron chi connectivity index (χ4n) is 2.09. The van der Waals surface area contributed by atoms with Crippen LogP contribution in [-0.4, -0.2) is 30.4 Å². The van der Waals surface area contributed by atoms with Gasteiger partial charge in [-0.25, -0.2) is 4.98 Å². The average Bonchev–Trinajstić information content (AvgIpc) is 2.96. The molecule has 0 unspecified atom stereocenters. The molecule has 2 N–H and O–H groups in total. The van der Waals surface area contributed by atoms with Crippen molar-refractivity contribution in [1.82, 2.24) is 4.98 Å². The number of ether oxygens (including phenoxy) is 1. The molecule has 1 heterocycles. The van der Waals surface area contributed by atoms with E-state index in [1.165, 1.54) is 0 Å². The van der Waals surface area contributed by atoms with E-state index in [9.17, 15) is 0 Å². The molecule has 0 spiro atoms. The molecule has 0 saturated heterocycles. The number of hydrogen-bond acceptors (Lipinski definition) is 5. The maximum atomic E-state index is 8.79. The first-order valence-electron chi connectivity index (χ1n) is 6.70. The Bertz CT molecular complexity index is 735. The van der Waals surface area contributed by atoms with Gasteiger partial charge in [0.2, 0.25) is 5.89 Å². The lowest BCUT2D eigenvalue weighted by atomic mass is 10.2. The third-order valence-electron chi connectivity index (χ3n) is 3.17. The van der Waals surface area contributed by atoms with Crippen LogP contribution in [0.4, 0.5) is 5.69 Å². The molecule has 0 bridgehead atoms. The highest BCUT2D eigenvalue weighted by molar-refractivity contribution is 5.78. The van der Waals surface area contributed by atoms with Gasteiger partial charge in [-0.05, 0) is 36.4 Å². The summed E-state index contributed by atoms with van der Waals surface area (Å²) in [5, 5.41) is 11.9. The van der Waals surface area contributed by atoms with Crippen molar-refractivity contribution in [3.63, 3.8) is 0 Å². The molecule has 2 aromatic carbocycles. The molecule has 0 aliphatic heterocycles. The Hall–Kier alpha value is -2.53. The monoisotopic (exact) mass is 284 g/mol. The zero-order valence-corrected chi connectivity index (χ0v) is 11.7. The summed E-state index contributed by atoms with van der Waals surface area (Å²) in [5.41, 5.74) is 3.35. The van der Waals surface area contributed by atoms with Gasteiger partial charge in [-0.15, -0.1) is 0 Å². The van der Waals surface area contributed by atoms with Gasteiger partial charge in [-0.2, -0.15) is 0 Å². The molecule has 0 aliphatic rings. The quantitative estimate of drug-likeness (QED) is 0.754. The lowest BCUT2D eigenvalue weighted by molar-refractivity contribution is 0.311. The number of nitrogens with zero attached hydrogens (tertiary/aromatic N) is 1. The van der Waals surface area contributed by atoms with Gasteiger partial charge in [-0.1, -0.05) is 0 Å². The van der Waals surface area contributed by atoms with Gasteiger partial charge in [0.15, 0.2) is 5.58 Å². The Morgan fingerprint density at radius 2 is 2.00 bits per heavy atom. The van der Waals surface area contributed by atoms with E-state index in [0.29, 0.717) is 12.4 Å². The van der Waals surface area contributed by atoms with E-state index in [1.54, 1.807) is 7.11 Å². The number of hydrogen-bond donors (Lipinski definition) is 2. The van der Waals surface area contributed by atoms with E-state index in [1.807, 2.05) is 42.5 Å². The largest absolute Gasteiger partial charge is 0.497 e. The van der Waals surface area contributed by atoms with Crippen molar-refractivity contribution < 1.29 is 14.3 Å². The first kappa shape index (κ1) is 13.5. The maximum absolute atomic E-state index is 8.79. The number of aromatic nitrogens is 1. The fraction of sp³-hybridized carbons (Fsp3) is 0.188. The SMILES string of the molecule is COc1ccc2oc(-c3ccc(NCCO)cc3)nc2c1. The molecule has 5 heteroatoms. The summed E-state index contributed by atoms with van der Waals surface area (Å²) in [6.07, 6.45) is 0. The van der Waals surface area contributed by atoms with Crippen molar-refractivity contribution in [3.8, 4) is 17.2 Å². The van der Waals surface area contributed by atoms with Crippen LogP contribution in [-0.2, 0) is 0 Å². The van der Waals surface area contributed by atoms with Crippen LogP contribution in [0.2, 0.25) is 0 Å². The molecule has 0 atom stereocenters. The van der Waals surface area contributed by atoms with Crippen LogP contribution < -0.4 is 10.1 Å². The molecule has 3 rings (SSSR count). The Morgan fingerprint density at radius 1 is 1.19 bits per heavy atom. The van der Waals surface area contributed by atoms with Crippen molar-refractivity contribution in [2.45, 2.75) is 0 Å². The summed E-state index contributed by atoms with van der Waals surface area (Å²) in [6.45, 7) is 0.636. The first-order chi connectivity index (χ1) is 10.3. The molecule has 0 fully saturated rings. The van der Waals surface area contributed by atoms with Crippen molar-refractivity contribution >= 4 is 16.8 Å². The standard InChI is InChI=1S/C16H16N2O3/c1-20-13-6-7-15-14(10-13)18-16(21-15)11-2-4-12(5-3-11)17-8-9-19/h2-7,10,17,19H,8-9H2,1H3. The molecule has 0 amide bonds. The van der Waals surface area contributed by atoms with Crippen LogP contribution >= 0.6 is 0 Å². The van der Waals surface area contributed by atoms with Crippen LogP contribution in [0.1, 0.15) is 0 Å². The highest BCUT2D eigenvalue weighted by Crippen LogP contribution is 2.27. The van der Waals surface area contributed by atoms with Gasteiger partial charge in [0, 0.05) is 23.9 Å². The Kier molecular flexibility index (Phi) is 3.75. The van der Waals surface area contributed by atoms with Gasteiger partial charge in [-0.3, -0.25) is 0 Å². The molecular formula is C16H16N2O3. The Morgan fingerprint density at radius 3 is 2.71 bits per heavy atom. The zero-order chi connectivity index (χ0) is 14.7. The third-order valence-corrected chi connectivity index (χ3v) is 3.17. The van der Waals surface area contributed by atoms with Gasteiger partial charge in [0.05, 0.1) is 13.7 Å². The van der Waals surface area contributed by atoms with Crippen molar-refractivity contribution in [2.24, 2.45) is 0 Å². The summed E-state index contributed by atoms with van der Waals surface area (Å²) in [7, 11) is 1.63. The van der Waals surface area contributed by atoms with Crippen molar-refractivity contribution in [2.75, 3.05) is 25.6 Å². The van der Waals surface area contributed by atoms with E-state index < -0.39 is 0 Å². The summed E-state index contributed by atoms with van der Waals surface area (Å²) in [5.74, 6) is 1.33. The van der Waals surface area contributed by atoms with Gasteiger partial charge in [0.25, 0.3) is 0 Å². The third kappa shape index (κ3) is 2.83. The summed E-state index contributed by atoms with van der Waals surface area (Å²) in [4.78, 5) is 4.48. The number of oxazole rings is 1. The second kappa shape index (κ2) is 5.85. The molecule has 0 aliphatic carbocycles. The van der Waals surface area contributed by atoms with E-state index in [0.717, 1.165) is 28.1 Å². The summed E-state index contributed by atoms with van der Waals surface area (Å²) in [6, 6.07) is 13.3. The minimum Gasteiger partial charge on any atom is -0.497 e. The molecule has 21 heavy (non-hydrogen) atoms. The van der Waals surface area contributed by atoms with Gasteiger partial charge < -0.3 is 19.6 Å². The molecule has 0 radical (unpaired) electrons. The zero-order valence-electron chi connectivity index (χ0n) is 11.7. The Labute approximate surface area is 122 Å². The van der Waals surface area contributed by atoms with Gasteiger partial charge in [0.1, 0.15) is 11.3 Å². The number of aliphatic hydroxyl groups is 1. The van der Waals surface area contributed by atoms with E-state index in [4.69, 9.17) is 14.3 Å². The molecule has 3 aromatic rings. The maximum Gasteiger partial charge on any atom is 0.227 e. The minimum absolute atomic E-state index is 0.106. The molecule has 108 valence electrons. The van der Waals surface area contributed by atoms with Crippen LogP contribution in [0.15, 0.2) is 46.9 Å². The van der Waals surface area contributed by atoms with E-state index in [-0.39, 0.29) is 6.61 Å². The predicted octanol–water partition coefficient (Wildman–Crippen LogP) is 2.91. The van der Waals surface area contributed by atoms with Crippen molar-refractivity contribution in [1.29, 1.82) is 0 Å². The average molecular weight is 284 g/mol. The smallest absolute Gasteiger partial charge is 0.227 e. The second-order valence-corrected chi connectivity index (χ2v) is 4.58. The van der Waals surface area contributed by atoms with Crippen molar-refractivity contribution in [3.05, 3.63) is 42.5 Å². The summed E-state index contributed by atoms with van der Waals surface area (Å²) >= 11 is 0. The van der Waals surface area contributed by atoms with Crippen LogP contribution in [0.25, 0.3) is 22.6 Å². The Balaban J connectivity index is 1.89.